The smallest absolute Gasteiger partial charge is 0.122 e. The number of hydrogen-bond donors (Lipinski definition) is 2. The van der Waals surface area contributed by atoms with Gasteiger partial charge in [0.05, 0.1) is 7.11 Å². The lowest BCUT2D eigenvalue weighted by Gasteiger charge is -2.21. The molecule has 0 atom stereocenters. The van der Waals surface area contributed by atoms with Crippen molar-refractivity contribution in [2.24, 2.45) is 0 Å². The van der Waals surface area contributed by atoms with E-state index in [1.54, 1.807) is 7.11 Å². The van der Waals surface area contributed by atoms with Gasteiger partial charge in [-0.3, -0.25) is 0 Å². The van der Waals surface area contributed by atoms with E-state index >= 15 is 0 Å². The fraction of sp³-hybridized carbons (Fsp3) is 0.296. The van der Waals surface area contributed by atoms with Crippen molar-refractivity contribution in [1.29, 1.82) is 5.41 Å². The Labute approximate surface area is 180 Å². The van der Waals surface area contributed by atoms with Gasteiger partial charge in [-0.2, -0.15) is 0 Å². The summed E-state index contributed by atoms with van der Waals surface area (Å²) in [7, 11) is 1.73. The first-order valence-electron chi connectivity index (χ1n) is 10.7. The molecule has 0 spiro atoms. The number of anilines is 1. The maximum Gasteiger partial charge on any atom is 0.122 e. The average Bonchev–Trinajstić information content (AvgIpc) is 2.78. The summed E-state index contributed by atoms with van der Waals surface area (Å²) in [6, 6.07) is 12.5. The van der Waals surface area contributed by atoms with Crippen LogP contribution in [0, 0.1) is 5.41 Å². The Morgan fingerprint density at radius 2 is 1.87 bits per heavy atom. The van der Waals surface area contributed by atoms with Crippen molar-refractivity contribution in [3.63, 3.8) is 0 Å². The van der Waals surface area contributed by atoms with Crippen molar-refractivity contribution >= 4 is 17.5 Å². The molecule has 1 aliphatic rings. The van der Waals surface area contributed by atoms with Gasteiger partial charge >= 0.3 is 0 Å². The fourth-order valence-electron chi connectivity index (χ4n) is 4.08. The number of hydrogen-bond acceptors (Lipinski definition) is 3. The summed E-state index contributed by atoms with van der Waals surface area (Å²) in [5.74, 6) is 1.29. The zero-order chi connectivity index (χ0) is 21.7. The van der Waals surface area contributed by atoms with Gasteiger partial charge in [0.1, 0.15) is 5.75 Å². The molecule has 30 heavy (non-hydrogen) atoms. The molecular weight excluding hydrogens is 368 g/mol. The van der Waals surface area contributed by atoms with Gasteiger partial charge in [-0.15, -0.1) is 0 Å². The van der Waals surface area contributed by atoms with Crippen LogP contribution in [0.25, 0.3) is 5.57 Å². The molecule has 0 saturated carbocycles. The van der Waals surface area contributed by atoms with E-state index in [0.29, 0.717) is 11.6 Å². The van der Waals surface area contributed by atoms with E-state index < -0.39 is 0 Å². The molecule has 2 aromatic rings. The number of ether oxygens (including phenoxy) is 1. The highest BCUT2D eigenvalue weighted by atomic mass is 16.5. The van der Waals surface area contributed by atoms with Crippen molar-refractivity contribution in [2.75, 3.05) is 12.8 Å². The van der Waals surface area contributed by atoms with E-state index in [4.69, 9.17) is 15.9 Å². The maximum absolute atomic E-state index is 7.75. The summed E-state index contributed by atoms with van der Waals surface area (Å²) in [5.41, 5.74) is 14.6. The number of benzene rings is 2. The molecule has 0 fully saturated rings. The largest absolute Gasteiger partial charge is 0.496 e. The number of rotatable bonds is 7. The van der Waals surface area contributed by atoms with Crippen LogP contribution >= 0.6 is 0 Å². The molecule has 3 N–H and O–H groups in total. The monoisotopic (exact) mass is 400 g/mol. The standard InChI is InChI=1S/C27H32N2O/c1-5-23(19-9-7-6-8-10-19)27(20-12-14-25(29)22(15-20)17-28)21-11-13-24(18(2)3)26(16-21)30-4/h7,9-18,28H,5-6,8,29H2,1-4H3/b27-23-,28-17?. The molecule has 0 amide bonds. The van der Waals surface area contributed by atoms with Crippen molar-refractivity contribution in [1.82, 2.24) is 0 Å². The molecule has 0 saturated heterocycles. The zero-order valence-electron chi connectivity index (χ0n) is 18.5. The van der Waals surface area contributed by atoms with Crippen molar-refractivity contribution in [2.45, 2.75) is 46.0 Å². The molecule has 0 aliphatic heterocycles. The first-order chi connectivity index (χ1) is 14.5. The van der Waals surface area contributed by atoms with Crippen LogP contribution in [-0.4, -0.2) is 13.3 Å². The van der Waals surface area contributed by atoms with Gasteiger partial charge in [0.25, 0.3) is 0 Å². The minimum Gasteiger partial charge on any atom is -0.496 e. The Bertz CT molecular complexity index is 1030. The zero-order valence-corrected chi connectivity index (χ0v) is 18.5. The summed E-state index contributed by atoms with van der Waals surface area (Å²) in [6.45, 7) is 6.56. The van der Waals surface area contributed by atoms with Gasteiger partial charge in [-0.1, -0.05) is 57.2 Å². The summed E-state index contributed by atoms with van der Waals surface area (Å²) in [6.07, 6.45) is 11.2. The maximum atomic E-state index is 7.75. The molecule has 156 valence electrons. The van der Waals surface area contributed by atoms with Crippen molar-refractivity contribution < 1.29 is 4.74 Å². The first-order valence-corrected chi connectivity index (χ1v) is 10.7. The molecule has 3 heteroatoms. The number of nitrogens with one attached hydrogen (secondary N) is 1. The second-order valence-corrected chi connectivity index (χ2v) is 7.95. The van der Waals surface area contributed by atoms with Gasteiger partial charge in [0.15, 0.2) is 0 Å². The number of nitrogen functional groups attached to an aromatic ring is 1. The van der Waals surface area contributed by atoms with Gasteiger partial charge in [0, 0.05) is 17.5 Å². The predicted molar refractivity (Wildman–Crippen MR) is 129 cm³/mol. The molecule has 2 aromatic carbocycles. The molecular formula is C27H32N2O. The lowest BCUT2D eigenvalue weighted by molar-refractivity contribution is 0.407. The van der Waals surface area contributed by atoms with E-state index in [-0.39, 0.29) is 0 Å². The average molecular weight is 401 g/mol. The van der Waals surface area contributed by atoms with Gasteiger partial charge in [-0.05, 0) is 76.8 Å². The molecule has 0 bridgehead atoms. The third kappa shape index (κ3) is 4.40. The molecule has 0 heterocycles. The lowest BCUT2D eigenvalue weighted by Crippen LogP contribution is -2.02. The number of nitrogens with two attached hydrogens (primary N) is 1. The lowest BCUT2D eigenvalue weighted by atomic mass is 9.85. The first kappa shape index (κ1) is 21.6. The Kier molecular flexibility index (Phi) is 6.94. The predicted octanol–water partition coefficient (Wildman–Crippen LogP) is 6.89. The fourth-order valence-corrected chi connectivity index (χ4v) is 4.08. The van der Waals surface area contributed by atoms with E-state index in [9.17, 15) is 0 Å². The van der Waals surface area contributed by atoms with Crippen LogP contribution in [0.15, 0.2) is 65.8 Å². The van der Waals surface area contributed by atoms with Crippen LogP contribution < -0.4 is 10.5 Å². The minimum absolute atomic E-state index is 0.386. The second-order valence-electron chi connectivity index (χ2n) is 7.95. The number of allylic oxidation sites excluding steroid dienone is 5. The third-order valence-electron chi connectivity index (χ3n) is 5.67. The highest BCUT2D eigenvalue weighted by Crippen LogP contribution is 2.38. The Morgan fingerprint density at radius 3 is 2.47 bits per heavy atom. The highest BCUT2D eigenvalue weighted by Gasteiger charge is 2.17. The van der Waals surface area contributed by atoms with Crippen molar-refractivity contribution in [3.05, 3.63) is 88.0 Å². The Balaban J connectivity index is 2.30. The summed E-state index contributed by atoms with van der Waals surface area (Å²) < 4.78 is 5.75. The SMILES string of the molecule is CC/C(C1=CCCC=C1)=C(\c1ccc(N)c(C=N)c1)c1ccc(C(C)C)c(OC)c1. The normalized spacial score (nSPS) is 14.4. The Hall–Kier alpha value is -3.07. The van der Waals surface area contributed by atoms with Gasteiger partial charge in [-0.25, -0.2) is 0 Å². The van der Waals surface area contributed by atoms with E-state index in [0.717, 1.165) is 41.7 Å². The third-order valence-corrected chi connectivity index (χ3v) is 5.67. The quantitative estimate of drug-likeness (QED) is 0.393. The molecule has 3 rings (SSSR count). The summed E-state index contributed by atoms with van der Waals surface area (Å²) in [5, 5.41) is 7.75. The molecule has 0 radical (unpaired) electrons. The van der Waals surface area contributed by atoms with Gasteiger partial charge < -0.3 is 15.9 Å². The Morgan fingerprint density at radius 1 is 1.13 bits per heavy atom. The molecule has 1 aliphatic carbocycles. The van der Waals surface area contributed by atoms with E-state index in [2.05, 4.69) is 63.3 Å². The van der Waals surface area contributed by atoms with Crippen LogP contribution in [0.4, 0.5) is 5.69 Å². The van der Waals surface area contributed by atoms with Crippen LogP contribution in [0.2, 0.25) is 0 Å². The van der Waals surface area contributed by atoms with E-state index in [1.807, 2.05) is 12.1 Å². The second kappa shape index (κ2) is 9.62. The topological polar surface area (TPSA) is 59.1 Å². The van der Waals surface area contributed by atoms with Crippen molar-refractivity contribution in [3.8, 4) is 5.75 Å². The molecule has 0 aromatic heterocycles. The minimum atomic E-state index is 0.386. The number of methoxy groups -OCH3 is 1. The highest BCUT2D eigenvalue weighted by molar-refractivity contribution is 5.91. The molecule has 0 unspecified atom stereocenters. The summed E-state index contributed by atoms with van der Waals surface area (Å²) in [4.78, 5) is 0. The van der Waals surface area contributed by atoms with Crippen LogP contribution in [0.5, 0.6) is 5.75 Å². The van der Waals surface area contributed by atoms with Gasteiger partial charge in [0.2, 0.25) is 0 Å². The summed E-state index contributed by atoms with van der Waals surface area (Å²) >= 11 is 0. The van der Waals surface area contributed by atoms with E-state index in [1.165, 1.54) is 28.5 Å². The van der Waals surface area contributed by atoms with Crippen LogP contribution in [0.1, 0.15) is 68.2 Å². The van der Waals surface area contributed by atoms with Crippen LogP contribution in [-0.2, 0) is 0 Å². The molecule has 3 nitrogen and oxygen atoms in total. The van der Waals surface area contributed by atoms with Crippen LogP contribution in [0.3, 0.4) is 0 Å².